The maximum atomic E-state index is 15.8. The van der Waals surface area contributed by atoms with Crippen molar-refractivity contribution >= 4 is 43.7 Å². The lowest BCUT2D eigenvalue weighted by Gasteiger charge is -2.42. The molecule has 4 N–H and O–H groups in total. The number of methoxy groups -OCH3 is 1. The number of nitrogens with zero attached hydrogens (tertiary/aromatic N) is 3. The quantitative estimate of drug-likeness (QED) is 0.169. The van der Waals surface area contributed by atoms with Crippen molar-refractivity contribution in [3.8, 4) is 5.75 Å². The van der Waals surface area contributed by atoms with Gasteiger partial charge in [0.1, 0.15) is 17.9 Å². The SMILES string of the molecule is C=CCOC(=O)c1cn(C2CC2)c2c(OC)c(N3CCN(C(=O)CC(P(=O)(O)O)P(=O)(O)O)C(C)C3)c(F)cc2c1=O. The second kappa shape index (κ2) is 11.9. The number of ether oxygens (including phenoxy) is 2. The summed E-state index contributed by atoms with van der Waals surface area (Å²) in [6, 6.07) is 0.314. The molecular weight excluding hydrogens is 599 g/mol. The zero-order chi connectivity index (χ0) is 31.1. The first-order valence-electron chi connectivity index (χ1n) is 13.0. The summed E-state index contributed by atoms with van der Waals surface area (Å²) in [6.07, 6.45) is 3.19. The van der Waals surface area contributed by atoms with Crippen molar-refractivity contribution in [2.45, 2.75) is 43.7 Å². The number of fused-ring (bicyclic) bond motifs is 1. The monoisotopic (exact) mass is 631 g/mol. The molecule has 2 aliphatic rings. The number of pyridine rings is 1. The van der Waals surface area contributed by atoms with Gasteiger partial charge in [-0.3, -0.25) is 18.7 Å². The molecule has 1 atom stereocenters. The summed E-state index contributed by atoms with van der Waals surface area (Å²) >= 11 is 0. The number of esters is 1. The van der Waals surface area contributed by atoms with Gasteiger partial charge in [-0.05, 0) is 25.8 Å². The fourth-order valence-corrected chi connectivity index (χ4v) is 7.52. The summed E-state index contributed by atoms with van der Waals surface area (Å²) in [7, 11) is -9.28. The number of carbonyl (C=O) groups is 2. The molecule has 14 nitrogen and oxygen atoms in total. The van der Waals surface area contributed by atoms with Gasteiger partial charge in [-0.25, -0.2) is 9.18 Å². The summed E-state index contributed by atoms with van der Waals surface area (Å²) < 4.78 is 51.5. The standard InChI is InChI=1S/C25H32FN3O11P2/c1-4-9-40-25(32)17-13-29(15-5-6-15)21-16(23(17)31)10-18(26)22(24(21)39-3)27-7-8-28(14(2)12-27)19(30)11-20(41(33,34)35)42(36,37)38/h4,10,13-15,20H,1,5-9,11-12H2,2-3H3,(H2,33,34,35)(H2,36,37,38). The summed E-state index contributed by atoms with van der Waals surface area (Å²) in [5.74, 6) is -2.50. The first-order chi connectivity index (χ1) is 19.6. The van der Waals surface area contributed by atoms with E-state index >= 15 is 4.39 Å². The highest BCUT2D eigenvalue weighted by atomic mass is 31.2. The Kier molecular flexibility index (Phi) is 9.03. The molecule has 2 aromatic rings. The summed E-state index contributed by atoms with van der Waals surface area (Å²) in [5.41, 5.74) is -0.676. The smallest absolute Gasteiger partial charge is 0.343 e. The number of aromatic nitrogens is 1. The van der Waals surface area contributed by atoms with Crippen molar-refractivity contribution in [1.82, 2.24) is 9.47 Å². The van der Waals surface area contributed by atoms with Crippen molar-refractivity contribution in [2.24, 2.45) is 0 Å². The van der Waals surface area contributed by atoms with Crippen molar-refractivity contribution < 1.29 is 52.2 Å². The lowest BCUT2D eigenvalue weighted by molar-refractivity contribution is -0.133. The molecule has 0 bridgehead atoms. The van der Waals surface area contributed by atoms with E-state index in [-0.39, 0.29) is 54.7 Å². The Morgan fingerprint density at radius 2 is 1.83 bits per heavy atom. The number of rotatable bonds is 10. The number of anilines is 1. The van der Waals surface area contributed by atoms with Gasteiger partial charge in [0.2, 0.25) is 11.3 Å². The third kappa shape index (κ3) is 6.31. The molecule has 0 radical (unpaired) electrons. The largest absolute Gasteiger partial charge is 0.492 e. The maximum absolute atomic E-state index is 15.8. The van der Waals surface area contributed by atoms with E-state index in [2.05, 4.69) is 6.58 Å². The number of piperazine rings is 1. The van der Waals surface area contributed by atoms with Crippen LogP contribution in [0.5, 0.6) is 5.75 Å². The third-order valence-electron chi connectivity index (χ3n) is 7.29. The van der Waals surface area contributed by atoms with Crippen LogP contribution in [-0.4, -0.2) is 85.7 Å². The van der Waals surface area contributed by atoms with Crippen LogP contribution < -0.4 is 15.1 Å². The number of hydrogen-bond acceptors (Lipinski definition) is 8. The van der Waals surface area contributed by atoms with E-state index in [1.54, 1.807) is 16.4 Å². The van der Waals surface area contributed by atoms with Gasteiger partial charge in [0, 0.05) is 37.9 Å². The zero-order valence-corrected chi connectivity index (χ0v) is 24.7. The molecule has 2 heterocycles. The van der Waals surface area contributed by atoms with Gasteiger partial charge >= 0.3 is 21.2 Å². The van der Waals surface area contributed by atoms with E-state index in [0.717, 1.165) is 18.9 Å². The molecule has 1 aliphatic carbocycles. The fraction of sp³-hybridized carbons (Fsp3) is 0.480. The second-order valence-corrected chi connectivity index (χ2v) is 14.3. The molecule has 1 aliphatic heterocycles. The minimum atomic E-state index is -5.30. The minimum Gasteiger partial charge on any atom is -0.492 e. The van der Waals surface area contributed by atoms with Gasteiger partial charge < -0.3 is 43.4 Å². The van der Waals surface area contributed by atoms with E-state index in [0.29, 0.717) is 5.52 Å². The van der Waals surface area contributed by atoms with Gasteiger partial charge in [-0.1, -0.05) is 12.7 Å². The van der Waals surface area contributed by atoms with Crippen LogP contribution in [-0.2, 0) is 18.7 Å². The molecule has 1 aromatic heterocycles. The molecule has 0 spiro atoms. The summed E-state index contributed by atoms with van der Waals surface area (Å²) in [5, 5.41) is -2.55. The molecule has 4 rings (SSSR count). The highest BCUT2D eigenvalue weighted by Crippen LogP contribution is 2.61. The van der Waals surface area contributed by atoms with Crippen LogP contribution >= 0.6 is 15.2 Å². The Morgan fingerprint density at radius 3 is 2.36 bits per heavy atom. The topological polar surface area (TPSA) is 196 Å². The van der Waals surface area contributed by atoms with E-state index in [1.165, 1.54) is 24.3 Å². The molecular formula is C25H32FN3O11P2. The highest BCUT2D eigenvalue weighted by Gasteiger charge is 2.46. The summed E-state index contributed by atoms with van der Waals surface area (Å²) in [6.45, 7) is 4.97. The molecule has 2 fully saturated rings. The molecule has 230 valence electrons. The molecule has 1 aromatic carbocycles. The van der Waals surface area contributed by atoms with Gasteiger partial charge in [-0.2, -0.15) is 0 Å². The molecule has 1 unspecified atom stereocenters. The number of carbonyl (C=O) groups excluding carboxylic acids is 2. The summed E-state index contributed by atoms with van der Waals surface area (Å²) in [4.78, 5) is 79.2. The van der Waals surface area contributed by atoms with Crippen molar-refractivity contribution in [2.75, 3.05) is 38.3 Å². The predicted molar refractivity (Wildman–Crippen MR) is 149 cm³/mol. The normalized spacial score (nSPS) is 18.0. The van der Waals surface area contributed by atoms with Gasteiger partial charge in [0.25, 0.3) is 0 Å². The first kappa shape index (κ1) is 31.9. The Balaban J connectivity index is 1.70. The zero-order valence-electron chi connectivity index (χ0n) is 22.9. The van der Waals surface area contributed by atoms with Crippen LogP contribution in [0.4, 0.5) is 10.1 Å². The minimum absolute atomic E-state index is 0.0167. The molecule has 1 amide bonds. The average Bonchev–Trinajstić information content (AvgIpc) is 3.74. The Hall–Kier alpha value is -3.06. The van der Waals surface area contributed by atoms with Crippen LogP contribution in [0, 0.1) is 5.82 Å². The Morgan fingerprint density at radius 1 is 1.19 bits per heavy atom. The Labute approximate surface area is 239 Å². The average molecular weight is 631 g/mol. The van der Waals surface area contributed by atoms with E-state index in [1.807, 2.05) is 0 Å². The van der Waals surface area contributed by atoms with Gasteiger partial charge in [0.05, 0.1) is 24.4 Å². The van der Waals surface area contributed by atoms with Crippen LogP contribution in [0.3, 0.4) is 0 Å². The molecule has 1 saturated heterocycles. The maximum Gasteiger partial charge on any atom is 0.343 e. The third-order valence-corrected chi connectivity index (χ3v) is 11.0. The number of halogens is 1. The van der Waals surface area contributed by atoms with Crippen molar-refractivity contribution in [3.63, 3.8) is 0 Å². The van der Waals surface area contributed by atoms with Crippen LogP contribution in [0.1, 0.15) is 42.6 Å². The van der Waals surface area contributed by atoms with E-state index < -0.39 is 56.2 Å². The molecule has 1 saturated carbocycles. The predicted octanol–water partition coefficient (Wildman–Crippen LogP) is 1.94. The van der Waals surface area contributed by atoms with Gasteiger partial charge in [-0.15, -0.1) is 0 Å². The van der Waals surface area contributed by atoms with Crippen molar-refractivity contribution in [1.29, 1.82) is 0 Å². The number of hydrogen-bond donors (Lipinski definition) is 4. The van der Waals surface area contributed by atoms with Crippen molar-refractivity contribution in [3.05, 3.63) is 46.5 Å². The lowest BCUT2D eigenvalue weighted by Crippen LogP contribution is -2.54. The fourth-order valence-electron chi connectivity index (χ4n) is 5.17. The van der Waals surface area contributed by atoms with Gasteiger partial charge in [0.15, 0.2) is 17.0 Å². The van der Waals surface area contributed by atoms with Crippen LogP contribution in [0.2, 0.25) is 0 Å². The number of amides is 1. The molecule has 17 heteroatoms. The molecule has 42 heavy (non-hydrogen) atoms. The second-order valence-electron chi connectivity index (χ2n) is 10.3. The Bertz CT molecular complexity index is 1560. The highest BCUT2D eigenvalue weighted by molar-refractivity contribution is 7.70. The van der Waals surface area contributed by atoms with E-state index in [4.69, 9.17) is 9.47 Å². The first-order valence-corrected chi connectivity index (χ1v) is 16.3. The number of benzene rings is 1. The van der Waals surface area contributed by atoms with Crippen LogP contribution in [0.25, 0.3) is 10.9 Å². The van der Waals surface area contributed by atoms with E-state index in [9.17, 15) is 43.1 Å². The lowest BCUT2D eigenvalue weighted by atomic mass is 10.1. The van der Waals surface area contributed by atoms with Crippen LogP contribution in [0.15, 0.2) is 29.7 Å².